The lowest BCUT2D eigenvalue weighted by Gasteiger charge is -2.20. The second-order valence-electron chi connectivity index (χ2n) is 4.55. The van der Waals surface area contributed by atoms with E-state index in [0.717, 1.165) is 0 Å². The molecule has 19 heavy (non-hydrogen) atoms. The van der Waals surface area contributed by atoms with Crippen molar-refractivity contribution in [1.82, 2.24) is 9.97 Å². The number of aliphatic hydroxyl groups is 2. The second kappa shape index (κ2) is 4.82. The van der Waals surface area contributed by atoms with E-state index < -0.39 is 10.5 Å². The lowest BCUT2D eigenvalue weighted by Crippen LogP contribution is -2.37. The summed E-state index contributed by atoms with van der Waals surface area (Å²) >= 11 is 0. The molecule has 8 nitrogen and oxygen atoms in total. The number of nitrogens with zero attached hydrogens (tertiary/aromatic N) is 2. The minimum absolute atomic E-state index is 0.0231. The van der Waals surface area contributed by atoms with Gasteiger partial charge in [-0.15, -0.1) is 0 Å². The number of fused-ring (bicyclic) bond motifs is 1. The largest absolute Gasteiger partial charge is 0.393 e. The number of nitro benzene ring substituents is 1. The molecule has 0 aliphatic rings. The van der Waals surface area contributed by atoms with Crippen molar-refractivity contribution in [3.63, 3.8) is 0 Å². The molecule has 0 spiro atoms. The fourth-order valence-corrected chi connectivity index (χ4v) is 1.52. The number of aliphatic hydroxyl groups excluding tert-OH is 1. The van der Waals surface area contributed by atoms with Crippen LogP contribution in [-0.4, -0.2) is 43.9 Å². The third-order valence-corrected chi connectivity index (χ3v) is 2.65. The Morgan fingerprint density at radius 1 is 1.58 bits per heavy atom. The summed E-state index contributed by atoms with van der Waals surface area (Å²) in [5.41, 5.74) is -0.174. The topological polar surface area (TPSA) is 124 Å². The second-order valence-corrected chi connectivity index (χ2v) is 4.55. The van der Waals surface area contributed by atoms with Gasteiger partial charge >= 0.3 is 0 Å². The van der Waals surface area contributed by atoms with Gasteiger partial charge in [0.05, 0.1) is 22.6 Å². The lowest BCUT2D eigenvalue weighted by molar-refractivity contribution is -0.384. The zero-order valence-electron chi connectivity index (χ0n) is 10.3. The Bertz CT molecular complexity index is 608. The summed E-state index contributed by atoms with van der Waals surface area (Å²) in [6.45, 7) is 1.20. The highest BCUT2D eigenvalue weighted by Gasteiger charge is 2.19. The smallest absolute Gasteiger partial charge is 0.271 e. The Labute approximate surface area is 108 Å². The van der Waals surface area contributed by atoms with Gasteiger partial charge in [0.15, 0.2) is 0 Å². The molecular weight excluding hydrogens is 252 g/mol. The van der Waals surface area contributed by atoms with Crippen LogP contribution in [0.2, 0.25) is 0 Å². The Kier molecular flexibility index (Phi) is 3.36. The SMILES string of the molecule is CC(O)(CO)CNc1nc2ccc([N+](=O)[O-])cc2[nH]1. The number of aromatic nitrogens is 2. The number of nitro groups is 1. The van der Waals surface area contributed by atoms with Crippen molar-refractivity contribution in [3.8, 4) is 0 Å². The van der Waals surface area contributed by atoms with Crippen LogP contribution in [0.4, 0.5) is 11.6 Å². The highest BCUT2D eigenvalue weighted by Crippen LogP contribution is 2.20. The van der Waals surface area contributed by atoms with Crippen LogP contribution in [0.1, 0.15) is 6.92 Å². The molecule has 0 bridgehead atoms. The van der Waals surface area contributed by atoms with Crippen LogP contribution in [-0.2, 0) is 0 Å². The third kappa shape index (κ3) is 2.98. The van der Waals surface area contributed by atoms with Crippen LogP contribution in [0, 0.1) is 10.1 Å². The van der Waals surface area contributed by atoms with Crippen molar-refractivity contribution in [1.29, 1.82) is 0 Å². The maximum Gasteiger partial charge on any atom is 0.271 e. The van der Waals surface area contributed by atoms with E-state index in [4.69, 9.17) is 5.11 Å². The number of imidazole rings is 1. The lowest BCUT2D eigenvalue weighted by atomic mass is 10.1. The minimum atomic E-state index is -1.26. The Morgan fingerprint density at radius 3 is 2.95 bits per heavy atom. The Hall–Kier alpha value is -2.19. The molecule has 2 rings (SSSR count). The highest BCUT2D eigenvalue weighted by atomic mass is 16.6. The van der Waals surface area contributed by atoms with Crippen molar-refractivity contribution in [2.75, 3.05) is 18.5 Å². The predicted octanol–water partition coefficient (Wildman–Crippen LogP) is 0.626. The molecule has 0 radical (unpaired) electrons. The van der Waals surface area contributed by atoms with Gasteiger partial charge in [-0.3, -0.25) is 10.1 Å². The molecule has 0 fully saturated rings. The molecule has 1 atom stereocenters. The summed E-state index contributed by atoms with van der Waals surface area (Å²) in [4.78, 5) is 17.2. The van der Waals surface area contributed by atoms with E-state index in [1.807, 2.05) is 0 Å². The first-order valence-corrected chi connectivity index (χ1v) is 5.62. The molecule has 0 saturated heterocycles. The quantitative estimate of drug-likeness (QED) is 0.464. The third-order valence-electron chi connectivity index (χ3n) is 2.65. The average Bonchev–Trinajstić information content (AvgIpc) is 2.78. The number of hydrogen-bond acceptors (Lipinski definition) is 6. The first kappa shape index (κ1) is 13.2. The van der Waals surface area contributed by atoms with Crippen LogP contribution < -0.4 is 5.32 Å². The molecule has 0 aliphatic carbocycles. The summed E-state index contributed by atoms with van der Waals surface area (Å²) in [7, 11) is 0. The maximum atomic E-state index is 10.6. The Balaban J connectivity index is 2.20. The standard InChI is InChI=1S/C11H14N4O4/c1-11(17,6-16)5-12-10-13-8-3-2-7(15(18)19)4-9(8)14-10/h2-4,16-17H,5-6H2,1H3,(H2,12,13,14). The van der Waals surface area contributed by atoms with Crippen LogP contribution in [0.25, 0.3) is 11.0 Å². The van der Waals surface area contributed by atoms with Gasteiger partial charge in [0.1, 0.15) is 5.60 Å². The van der Waals surface area contributed by atoms with Gasteiger partial charge in [-0.05, 0) is 13.0 Å². The minimum Gasteiger partial charge on any atom is -0.393 e. The molecule has 4 N–H and O–H groups in total. The molecule has 0 amide bonds. The number of benzene rings is 1. The first-order chi connectivity index (χ1) is 8.91. The number of rotatable bonds is 5. The summed E-state index contributed by atoms with van der Waals surface area (Å²) in [6, 6.07) is 4.30. The van der Waals surface area contributed by atoms with E-state index in [2.05, 4.69) is 15.3 Å². The monoisotopic (exact) mass is 266 g/mol. The van der Waals surface area contributed by atoms with Gasteiger partial charge in [0, 0.05) is 18.7 Å². The molecule has 1 unspecified atom stereocenters. The van der Waals surface area contributed by atoms with Gasteiger partial charge in [-0.25, -0.2) is 4.98 Å². The van der Waals surface area contributed by atoms with Crippen LogP contribution in [0.3, 0.4) is 0 Å². The van der Waals surface area contributed by atoms with Crippen molar-refractivity contribution >= 4 is 22.7 Å². The fourth-order valence-electron chi connectivity index (χ4n) is 1.52. The number of aromatic amines is 1. The average molecular weight is 266 g/mol. The van der Waals surface area contributed by atoms with E-state index in [1.54, 1.807) is 6.07 Å². The van der Waals surface area contributed by atoms with Crippen molar-refractivity contribution in [2.24, 2.45) is 0 Å². The number of H-pyrrole nitrogens is 1. The van der Waals surface area contributed by atoms with Gasteiger partial charge in [0.25, 0.3) is 5.69 Å². The van der Waals surface area contributed by atoms with Crippen molar-refractivity contribution in [2.45, 2.75) is 12.5 Å². The first-order valence-electron chi connectivity index (χ1n) is 5.62. The van der Waals surface area contributed by atoms with E-state index in [0.29, 0.717) is 17.0 Å². The van der Waals surface area contributed by atoms with Crippen LogP contribution >= 0.6 is 0 Å². The molecule has 0 saturated carbocycles. The van der Waals surface area contributed by atoms with E-state index in [-0.39, 0.29) is 18.8 Å². The molecule has 1 heterocycles. The number of hydrogen-bond donors (Lipinski definition) is 4. The summed E-state index contributed by atoms with van der Waals surface area (Å²) in [5.74, 6) is 0.379. The number of nitrogens with one attached hydrogen (secondary N) is 2. The Morgan fingerprint density at radius 2 is 2.32 bits per heavy atom. The van der Waals surface area contributed by atoms with E-state index >= 15 is 0 Å². The number of non-ortho nitro benzene ring substituents is 1. The molecule has 1 aromatic heterocycles. The van der Waals surface area contributed by atoms with E-state index in [1.165, 1.54) is 19.1 Å². The van der Waals surface area contributed by atoms with Gasteiger partial charge in [-0.1, -0.05) is 0 Å². The van der Waals surface area contributed by atoms with Gasteiger partial charge in [0.2, 0.25) is 5.95 Å². The summed E-state index contributed by atoms with van der Waals surface area (Å²) < 4.78 is 0. The van der Waals surface area contributed by atoms with Crippen LogP contribution in [0.15, 0.2) is 18.2 Å². The predicted molar refractivity (Wildman–Crippen MR) is 68.9 cm³/mol. The normalized spacial score (nSPS) is 14.3. The molecule has 8 heteroatoms. The molecule has 2 aromatic rings. The van der Waals surface area contributed by atoms with Crippen LogP contribution in [0.5, 0.6) is 0 Å². The fraction of sp³-hybridized carbons (Fsp3) is 0.364. The zero-order chi connectivity index (χ0) is 14.0. The highest BCUT2D eigenvalue weighted by molar-refractivity contribution is 5.79. The molecule has 1 aromatic carbocycles. The maximum absolute atomic E-state index is 10.6. The summed E-state index contributed by atoms with van der Waals surface area (Å²) in [6.07, 6.45) is 0. The van der Waals surface area contributed by atoms with Gasteiger partial charge in [-0.2, -0.15) is 0 Å². The van der Waals surface area contributed by atoms with Crippen molar-refractivity contribution in [3.05, 3.63) is 28.3 Å². The molecule has 0 aliphatic heterocycles. The molecular formula is C11H14N4O4. The van der Waals surface area contributed by atoms with E-state index in [9.17, 15) is 15.2 Å². The van der Waals surface area contributed by atoms with Gasteiger partial charge < -0.3 is 20.5 Å². The number of anilines is 1. The van der Waals surface area contributed by atoms with Crippen molar-refractivity contribution < 1.29 is 15.1 Å². The zero-order valence-corrected chi connectivity index (χ0v) is 10.3. The summed E-state index contributed by atoms with van der Waals surface area (Å²) in [5, 5.41) is 32.0. The molecule has 102 valence electrons.